The topological polar surface area (TPSA) is 76.2 Å². The van der Waals surface area contributed by atoms with Crippen molar-refractivity contribution in [3.05, 3.63) is 6.20 Å². The zero-order valence-corrected chi connectivity index (χ0v) is 5.78. The highest BCUT2D eigenvalue weighted by atomic mass is 15.1. The molecule has 11 heavy (non-hydrogen) atoms. The number of nitrogens with two attached hydrogens (primary N) is 1. The lowest BCUT2D eigenvalue weighted by molar-refractivity contribution is 1.14. The van der Waals surface area contributed by atoms with Gasteiger partial charge in [0.1, 0.15) is 5.69 Å². The van der Waals surface area contributed by atoms with Gasteiger partial charge in [-0.2, -0.15) is 4.98 Å². The summed E-state index contributed by atoms with van der Waals surface area (Å²) in [6.07, 6.45) is 3.36. The van der Waals surface area contributed by atoms with Crippen LogP contribution in [-0.2, 0) is 0 Å². The second kappa shape index (κ2) is 2.19. The molecule has 1 aliphatic rings. The Hall–Kier alpha value is -1.65. The third kappa shape index (κ3) is 1.000. The molecule has 0 spiro atoms. The Morgan fingerprint density at radius 2 is 2.45 bits per heavy atom. The molecule has 0 aliphatic carbocycles. The molecule has 0 atom stereocenters. The first-order chi connectivity index (χ1) is 5.36. The van der Waals surface area contributed by atoms with Gasteiger partial charge in [-0.15, -0.1) is 0 Å². The van der Waals surface area contributed by atoms with Crippen LogP contribution in [0.3, 0.4) is 0 Å². The summed E-state index contributed by atoms with van der Waals surface area (Å²) in [6.45, 7) is 0.698. The molecule has 0 radical (unpaired) electrons. The maximum atomic E-state index is 5.37. The van der Waals surface area contributed by atoms with Gasteiger partial charge in [0.05, 0.1) is 12.7 Å². The van der Waals surface area contributed by atoms with E-state index >= 15 is 0 Å². The predicted molar refractivity (Wildman–Crippen MR) is 43.1 cm³/mol. The fourth-order valence-corrected chi connectivity index (χ4v) is 0.900. The van der Waals surface area contributed by atoms with Gasteiger partial charge >= 0.3 is 0 Å². The van der Waals surface area contributed by atoms with Gasteiger partial charge in [-0.1, -0.05) is 0 Å². The molecular formula is C6H7N5. The van der Waals surface area contributed by atoms with E-state index in [4.69, 9.17) is 5.73 Å². The number of rotatable bonds is 0. The molecule has 1 aromatic heterocycles. The van der Waals surface area contributed by atoms with Crippen LogP contribution in [0.25, 0.3) is 0 Å². The Kier molecular flexibility index (Phi) is 1.21. The van der Waals surface area contributed by atoms with Crippen molar-refractivity contribution in [3.8, 4) is 0 Å². The molecule has 1 aliphatic heterocycles. The van der Waals surface area contributed by atoms with Crippen molar-refractivity contribution in [1.29, 1.82) is 0 Å². The SMILES string of the molecule is Nc1ncc2c(n1)NCC=N2. The normalized spacial score (nSPS) is 13.8. The molecule has 0 fully saturated rings. The van der Waals surface area contributed by atoms with E-state index in [0.29, 0.717) is 12.4 Å². The van der Waals surface area contributed by atoms with Gasteiger partial charge in [-0.25, -0.2) is 4.98 Å². The number of aromatic nitrogens is 2. The molecule has 3 N–H and O–H groups in total. The van der Waals surface area contributed by atoms with Gasteiger partial charge in [0.25, 0.3) is 0 Å². The van der Waals surface area contributed by atoms with Crippen molar-refractivity contribution in [3.63, 3.8) is 0 Å². The van der Waals surface area contributed by atoms with Gasteiger partial charge in [-0.3, -0.25) is 4.99 Å². The number of nitrogens with zero attached hydrogens (tertiary/aromatic N) is 3. The second-order valence-electron chi connectivity index (χ2n) is 2.15. The minimum Gasteiger partial charge on any atom is -0.368 e. The Morgan fingerprint density at radius 3 is 3.36 bits per heavy atom. The van der Waals surface area contributed by atoms with Crippen LogP contribution in [0.1, 0.15) is 0 Å². The molecule has 0 unspecified atom stereocenters. The summed E-state index contributed by atoms with van der Waals surface area (Å²) in [7, 11) is 0. The van der Waals surface area contributed by atoms with E-state index in [0.717, 1.165) is 5.69 Å². The maximum absolute atomic E-state index is 5.37. The van der Waals surface area contributed by atoms with Crippen molar-refractivity contribution < 1.29 is 0 Å². The van der Waals surface area contributed by atoms with E-state index in [1.165, 1.54) is 0 Å². The minimum atomic E-state index is 0.272. The molecule has 0 aromatic carbocycles. The van der Waals surface area contributed by atoms with E-state index in [9.17, 15) is 0 Å². The third-order valence-electron chi connectivity index (χ3n) is 1.38. The van der Waals surface area contributed by atoms with Crippen molar-refractivity contribution in [2.75, 3.05) is 17.6 Å². The third-order valence-corrected chi connectivity index (χ3v) is 1.38. The molecule has 0 bridgehead atoms. The van der Waals surface area contributed by atoms with Crippen LogP contribution < -0.4 is 11.1 Å². The summed E-state index contributed by atoms with van der Waals surface area (Å²) >= 11 is 0. The zero-order valence-electron chi connectivity index (χ0n) is 5.78. The summed E-state index contributed by atoms with van der Waals surface area (Å²) in [5.41, 5.74) is 6.11. The summed E-state index contributed by atoms with van der Waals surface area (Å²) < 4.78 is 0. The van der Waals surface area contributed by atoms with Crippen molar-refractivity contribution in [2.45, 2.75) is 0 Å². The van der Waals surface area contributed by atoms with Crippen molar-refractivity contribution >= 4 is 23.7 Å². The van der Waals surface area contributed by atoms with E-state index in [1.54, 1.807) is 12.4 Å². The van der Waals surface area contributed by atoms with E-state index in [-0.39, 0.29) is 5.95 Å². The predicted octanol–water partition coefficient (Wildman–Crippen LogP) is 0.187. The fourth-order valence-electron chi connectivity index (χ4n) is 0.900. The van der Waals surface area contributed by atoms with Crippen LogP contribution in [0.4, 0.5) is 17.5 Å². The van der Waals surface area contributed by atoms with E-state index in [2.05, 4.69) is 20.3 Å². The van der Waals surface area contributed by atoms with Crippen molar-refractivity contribution in [1.82, 2.24) is 9.97 Å². The number of hydrogen-bond donors (Lipinski definition) is 2. The average molecular weight is 149 g/mol. The lowest BCUT2D eigenvalue weighted by atomic mass is 10.4. The van der Waals surface area contributed by atoms with Crippen LogP contribution in [0, 0.1) is 0 Å². The van der Waals surface area contributed by atoms with Crippen LogP contribution in [0.5, 0.6) is 0 Å². The molecular weight excluding hydrogens is 142 g/mol. The lowest BCUT2D eigenvalue weighted by Crippen LogP contribution is -2.09. The van der Waals surface area contributed by atoms with Gasteiger partial charge < -0.3 is 11.1 Å². The minimum absolute atomic E-state index is 0.272. The fraction of sp³-hybridized carbons (Fsp3) is 0.167. The molecule has 0 saturated heterocycles. The quantitative estimate of drug-likeness (QED) is 0.552. The summed E-state index contributed by atoms with van der Waals surface area (Å²) in [5.74, 6) is 0.980. The molecule has 0 amide bonds. The Morgan fingerprint density at radius 1 is 1.55 bits per heavy atom. The number of aliphatic imine (C=N–C) groups is 1. The van der Waals surface area contributed by atoms with Gasteiger partial charge in [0.2, 0.25) is 5.95 Å². The molecule has 1 aromatic rings. The first-order valence-electron chi connectivity index (χ1n) is 3.25. The first kappa shape index (κ1) is 6.09. The molecule has 5 heteroatoms. The van der Waals surface area contributed by atoms with Crippen LogP contribution >= 0.6 is 0 Å². The molecule has 5 nitrogen and oxygen atoms in total. The van der Waals surface area contributed by atoms with Crippen LogP contribution in [-0.4, -0.2) is 22.7 Å². The summed E-state index contributed by atoms with van der Waals surface area (Å²) in [5, 5.41) is 3.02. The highest BCUT2D eigenvalue weighted by Gasteiger charge is 2.05. The van der Waals surface area contributed by atoms with Gasteiger partial charge in [0, 0.05) is 6.21 Å². The van der Waals surface area contributed by atoms with Crippen LogP contribution in [0.2, 0.25) is 0 Å². The Labute approximate surface area is 63.4 Å². The Bertz CT molecular complexity index is 306. The summed E-state index contributed by atoms with van der Waals surface area (Å²) in [6, 6.07) is 0. The largest absolute Gasteiger partial charge is 0.368 e. The highest BCUT2D eigenvalue weighted by molar-refractivity contribution is 5.77. The number of nitrogen functional groups attached to an aromatic ring is 1. The van der Waals surface area contributed by atoms with Gasteiger partial charge in [0.15, 0.2) is 5.82 Å². The standard InChI is InChI=1S/C6H7N5/c7-6-10-3-4-5(11-6)9-2-1-8-4/h1,3H,2H2,(H3,7,9,10,11). The molecule has 2 rings (SSSR count). The maximum Gasteiger partial charge on any atom is 0.222 e. The average Bonchev–Trinajstić information content (AvgIpc) is 2.04. The number of hydrogen-bond acceptors (Lipinski definition) is 5. The van der Waals surface area contributed by atoms with Crippen molar-refractivity contribution in [2.24, 2.45) is 4.99 Å². The molecule has 0 saturated carbocycles. The summed E-state index contributed by atoms with van der Waals surface area (Å²) in [4.78, 5) is 11.8. The second-order valence-corrected chi connectivity index (χ2v) is 2.15. The lowest BCUT2D eigenvalue weighted by Gasteiger charge is -2.09. The van der Waals surface area contributed by atoms with Gasteiger partial charge in [-0.05, 0) is 0 Å². The van der Waals surface area contributed by atoms with E-state index in [1.807, 2.05) is 0 Å². The van der Waals surface area contributed by atoms with E-state index < -0.39 is 0 Å². The first-order valence-corrected chi connectivity index (χ1v) is 3.25. The van der Waals surface area contributed by atoms with Crippen LogP contribution in [0.15, 0.2) is 11.2 Å². The Balaban J connectivity index is 2.53. The zero-order chi connectivity index (χ0) is 7.68. The highest BCUT2D eigenvalue weighted by Crippen LogP contribution is 2.22. The molecule has 2 heterocycles. The monoisotopic (exact) mass is 149 g/mol. The number of fused-ring (bicyclic) bond motifs is 1. The smallest absolute Gasteiger partial charge is 0.222 e. The number of nitrogens with one attached hydrogen (secondary N) is 1. The number of anilines is 2. The molecule has 56 valence electrons.